The number of ether oxygens (including phenoxy) is 2. The highest BCUT2D eigenvalue weighted by atomic mass is 28.4. The summed E-state index contributed by atoms with van der Waals surface area (Å²) in [4.78, 5) is 0. The third kappa shape index (κ3) is 6.59. The number of aliphatic hydroxyl groups excluding tert-OH is 1. The molecule has 0 bridgehead atoms. The predicted octanol–water partition coefficient (Wildman–Crippen LogP) is 4.40. The van der Waals surface area contributed by atoms with Crippen LogP contribution in [0.5, 0.6) is 5.75 Å². The molecular formula is C20H34O4Si. The second-order valence-corrected chi connectivity index (χ2v) is 12.6. The summed E-state index contributed by atoms with van der Waals surface area (Å²) < 4.78 is 17.5. The van der Waals surface area contributed by atoms with Gasteiger partial charge in [0.25, 0.3) is 0 Å². The van der Waals surface area contributed by atoms with E-state index in [2.05, 4.69) is 40.4 Å². The van der Waals surface area contributed by atoms with E-state index in [1.54, 1.807) is 13.2 Å². The lowest BCUT2D eigenvalue weighted by atomic mass is 10.1. The van der Waals surface area contributed by atoms with E-state index in [0.29, 0.717) is 13.2 Å². The van der Waals surface area contributed by atoms with E-state index in [4.69, 9.17) is 13.9 Å². The summed E-state index contributed by atoms with van der Waals surface area (Å²) in [5.74, 6) is 0.694. The fourth-order valence-electron chi connectivity index (χ4n) is 2.16. The number of hydrogen-bond acceptors (Lipinski definition) is 4. The molecule has 0 saturated carbocycles. The molecule has 1 N–H and O–H groups in total. The molecule has 0 amide bonds. The van der Waals surface area contributed by atoms with Crippen LogP contribution in [0.4, 0.5) is 0 Å². The zero-order chi connectivity index (χ0) is 19.1. The molecule has 0 aliphatic carbocycles. The quantitative estimate of drug-likeness (QED) is 0.492. The fraction of sp³-hybridized carbons (Fsp3) is 0.600. The van der Waals surface area contributed by atoms with Gasteiger partial charge < -0.3 is 19.0 Å². The molecule has 0 saturated heterocycles. The average molecular weight is 367 g/mol. The van der Waals surface area contributed by atoms with Crippen molar-refractivity contribution < 1.29 is 19.0 Å². The molecule has 0 spiro atoms. The zero-order valence-electron chi connectivity index (χ0n) is 16.5. The normalized spacial score (nSPS) is 14.8. The molecule has 25 heavy (non-hydrogen) atoms. The Kier molecular flexibility index (Phi) is 8.34. The summed E-state index contributed by atoms with van der Waals surface area (Å²) in [6.07, 6.45) is 1.57. The molecule has 1 aromatic rings. The fourth-order valence-corrected chi connectivity index (χ4v) is 3.51. The molecule has 0 fully saturated rings. The Balaban J connectivity index is 2.71. The highest BCUT2D eigenvalue weighted by Gasteiger charge is 2.40. The van der Waals surface area contributed by atoms with Crippen LogP contribution < -0.4 is 4.74 Å². The van der Waals surface area contributed by atoms with Crippen molar-refractivity contribution >= 4 is 8.32 Å². The van der Waals surface area contributed by atoms with Gasteiger partial charge in [0.15, 0.2) is 8.32 Å². The van der Waals surface area contributed by atoms with Crippen molar-refractivity contribution in [2.75, 3.05) is 20.3 Å². The Labute approximate surface area is 153 Å². The van der Waals surface area contributed by atoms with Crippen molar-refractivity contribution in [3.8, 4) is 5.75 Å². The van der Waals surface area contributed by atoms with E-state index in [1.807, 2.05) is 24.3 Å². The van der Waals surface area contributed by atoms with Crippen LogP contribution in [-0.4, -0.2) is 39.9 Å². The summed E-state index contributed by atoms with van der Waals surface area (Å²) in [6, 6.07) is 7.81. The summed E-state index contributed by atoms with van der Waals surface area (Å²) in [5.41, 5.74) is 1.08. The number of benzene rings is 1. The smallest absolute Gasteiger partial charge is 0.192 e. The first-order valence-electron chi connectivity index (χ1n) is 8.76. The van der Waals surface area contributed by atoms with Gasteiger partial charge in [-0.3, -0.25) is 0 Å². The molecule has 0 aliphatic heterocycles. The first-order chi connectivity index (χ1) is 11.6. The summed E-state index contributed by atoms with van der Waals surface area (Å²) >= 11 is 0. The topological polar surface area (TPSA) is 47.9 Å². The Morgan fingerprint density at radius 3 is 2.24 bits per heavy atom. The van der Waals surface area contributed by atoms with Gasteiger partial charge in [-0.05, 0) is 35.8 Å². The van der Waals surface area contributed by atoms with E-state index in [9.17, 15) is 5.11 Å². The molecule has 1 rings (SSSR count). The van der Waals surface area contributed by atoms with E-state index >= 15 is 0 Å². The maximum Gasteiger partial charge on any atom is 0.192 e. The van der Waals surface area contributed by atoms with Crippen LogP contribution in [0, 0.1) is 5.92 Å². The second kappa shape index (κ2) is 9.53. The van der Waals surface area contributed by atoms with Gasteiger partial charge >= 0.3 is 0 Å². The highest BCUT2D eigenvalue weighted by Crippen LogP contribution is 2.38. The molecule has 5 heteroatoms. The van der Waals surface area contributed by atoms with Crippen molar-refractivity contribution in [1.82, 2.24) is 0 Å². The Hall–Kier alpha value is -1.14. The lowest BCUT2D eigenvalue weighted by Crippen LogP contribution is -2.47. The summed E-state index contributed by atoms with van der Waals surface area (Å²) in [5, 5.41) is 9.76. The van der Waals surface area contributed by atoms with Gasteiger partial charge in [-0.25, -0.2) is 0 Å². The van der Waals surface area contributed by atoms with Crippen molar-refractivity contribution in [2.45, 2.75) is 51.6 Å². The summed E-state index contributed by atoms with van der Waals surface area (Å²) in [6.45, 7) is 15.8. The highest BCUT2D eigenvalue weighted by molar-refractivity contribution is 6.74. The van der Waals surface area contributed by atoms with E-state index < -0.39 is 8.32 Å². The minimum Gasteiger partial charge on any atom is -0.497 e. The van der Waals surface area contributed by atoms with Gasteiger partial charge in [0.05, 0.1) is 33.0 Å². The predicted molar refractivity (Wildman–Crippen MR) is 105 cm³/mol. The van der Waals surface area contributed by atoms with Crippen LogP contribution in [0.2, 0.25) is 18.1 Å². The Morgan fingerprint density at radius 1 is 1.20 bits per heavy atom. The third-order valence-electron chi connectivity index (χ3n) is 4.95. The number of rotatable bonds is 10. The van der Waals surface area contributed by atoms with Crippen molar-refractivity contribution in [3.05, 3.63) is 42.5 Å². The molecule has 2 atom stereocenters. The van der Waals surface area contributed by atoms with E-state index in [1.165, 1.54) is 0 Å². The standard InChI is InChI=1S/C20H34O4Si/c1-8-17(13-21)19(24-25(6,7)20(2,3)4)15-23-14-16-9-11-18(22-5)12-10-16/h8-12,17,19,21H,1,13-15H2,2-7H3/t17-,19+/m1/s1. The van der Waals surface area contributed by atoms with E-state index in [0.717, 1.165) is 11.3 Å². The van der Waals surface area contributed by atoms with Gasteiger partial charge in [0, 0.05) is 5.92 Å². The second-order valence-electron chi connectivity index (χ2n) is 7.86. The lowest BCUT2D eigenvalue weighted by Gasteiger charge is -2.40. The molecular weight excluding hydrogens is 332 g/mol. The first kappa shape index (κ1) is 21.9. The number of methoxy groups -OCH3 is 1. The van der Waals surface area contributed by atoms with E-state index in [-0.39, 0.29) is 23.7 Å². The molecule has 0 aliphatic rings. The minimum absolute atomic E-state index is 0.00862. The molecule has 0 radical (unpaired) electrons. The largest absolute Gasteiger partial charge is 0.497 e. The molecule has 0 heterocycles. The summed E-state index contributed by atoms with van der Waals surface area (Å²) in [7, 11) is -0.309. The van der Waals surface area contributed by atoms with Crippen LogP contribution in [0.1, 0.15) is 26.3 Å². The monoisotopic (exact) mass is 366 g/mol. The van der Waals surface area contributed by atoms with Crippen LogP contribution in [-0.2, 0) is 15.8 Å². The number of aliphatic hydroxyl groups is 1. The first-order valence-corrected chi connectivity index (χ1v) is 11.7. The molecule has 4 nitrogen and oxygen atoms in total. The van der Waals surface area contributed by atoms with Crippen LogP contribution in [0.25, 0.3) is 0 Å². The maximum absolute atomic E-state index is 9.66. The molecule has 0 unspecified atom stereocenters. The van der Waals surface area contributed by atoms with Crippen molar-refractivity contribution in [3.63, 3.8) is 0 Å². The maximum atomic E-state index is 9.66. The van der Waals surface area contributed by atoms with Crippen LogP contribution in [0.15, 0.2) is 36.9 Å². The molecule has 1 aromatic carbocycles. The van der Waals surface area contributed by atoms with Crippen molar-refractivity contribution in [2.24, 2.45) is 5.92 Å². The van der Waals surface area contributed by atoms with Gasteiger partial charge in [0.2, 0.25) is 0 Å². The molecule has 142 valence electrons. The number of hydrogen-bond donors (Lipinski definition) is 1. The molecule has 0 aromatic heterocycles. The van der Waals surface area contributed by atoms with Crippen LogP contribution >= 0.6 is 0 Å². The van der Waals surface area contributed by atoms with Gasteiger partial charge in [0.1, 0.15) is 5.75 Å². The lowest BCUT2D eigenvalue weighted by molar-refractivity contribution is 0.00338. The SMILES string of the molecule is C=C[C@H](CO)[C@H](COCc1ccc(OC)cc1)O[Si](C)(C)C(C)(C)C. The van der Waals surface area contributed by atoms with Gasteiger partial charge in [-0.15, -0.1) is 6.58 Å². The van der Waals surface area contributed by atoms with Crippen molar-refractivity contribution in [1.29, 1.82) is 0 Å². The van der Waals surface area contributed by atoms with Gasteiger partial charge in [-0.1, -0.05) is 39.0 Å². The zero-order valence-corrected chi connectivity index (χ0v) is 17.5. The minimum atomic E-state index is -1.96. The van der Waals surface area contributed by atoms with Crippen LogP contribution in [0.3, 0.4) is 0 Å². The average Bonchev–Trinajstić information content (AvgIpc) is 2.55. The Bertz CT molecular complexity index is 519. The van der Waals surface area contributed by atoms with Gasteiger partial charge in [-0.2, -0.15) is 0 Å². The third-order valence-corrected chi connectivity index (χ3v) is 9.46. The Morgan fingerprint density at radius 2 is 1.80 bits per heavy atom.